The SMILES string of the molecule is COc1ccc(CCNC(=S)c2cccc(OCc3ccc(F)cc3)c2)cc1. The molecule has 28 heavy (non-hydrogen) atoms. The Morgan fingerprint density at radius 2 is 1.64 bits per heavy atom. The Bertz CT molecular complexity index is 911. The molecule has 1 N–H and O–H groups in total. The van der Waals surface area contributed by atoms with E-state index in [4.69, 9.17) is 21.7 Å². The number of benzene rings is 3. The zero-order chi connectivity index (χ0) is 19.8. The van der Waals surface area contributed by atoms with Crippen LogP contribution in [0.2, 0.25) is 0 Å². The van der Waals surface area contributed by atoms with Crippen molar-refractivity contribution in [2.24, 2.45) is 0 Å². The van der Waals surface area contributed by atoms with Crippen molar-refractivity contribution in [2.45, 2.75) is 13.0 Å². The first-order valence-corrected chi connectivity index (χ1v) is 9.43. The van der Waals surface area contributed by atoms with Crippen LogP contribution in [0.15, 0.2) is 72.8 Å². The quantitative estimate of drug-likeness (QED) is 0.549. The lowest BCUT2D eigenvalue weighted by atomic mass is 10.1. The second-order valence-corrected chi connectivity index (χ2v) is 6.71. The molecular weight excluding hydrogens is 373 g/mol. The molecule has 0 aliphatic heterocycles. The Morgan fingerprint density at radius 3 is 2.36 bits per heavy atom. The minimum atomic E-state index is -0.253. The van der Waals surface area contributed by atoms with Crippen LogP contribution < -0.4 is 14.8 Å². The highest BCUT2D eigenvalue weighted by Gasteiger charge is 2.04. The van der Waals surface area contributed by atoms with Crippen molar-refractivity contribution < 1.29 is 13.9 Å². The number of nitrogens with one attached hydrogen (secondary N) is 1. The Balaban J connectivity index is 1.50. The molecule has 0 unspecified atom stereocenters. The average molecular weight is 395 g/mol. The summed E-state index contributed by atoms with van der Waals surface area (Å²) in [6, 6.07) is 21.9. The van der Waals surface area contributed by atoms with Crippen LogP contribution in [0.1, 0.15) is 16.7 Å². The van der Waals surface area contributed by atoms with Gasteiger partial charge >= 0.3 is 0 Å². The van der Waals surface area contributed by atoms with E-state index >= 15 is 0 Å². The van der Waals surface area contributed by atoms with E-state index in [0.717, 1.165) is 35.6 Å². The van der Waals surface area contributed by atoms with E-state index in [-0.39, 0.29) is 5.82 Å². The van der Waals surface area contributed by atoms with Gasteiger partial charge in [0, 0.05) is 12.1 Å². The first kappa shape index (κ1) is 19.8. The summed E-state index contributed by atoms with van der Waals surface area (Å²) in [6.07, 6.45) is 0.866. The predicted octanol–water partition coefficient (Wildman–Crippen LogP) is 4.92. The molecule has 0 radical (unpaired) electrons. The number of methoxy groups -OCH3 is 1. The second kappa shape index (κ2) is 9.85. The fourth-order valence-corrected chi connectivity index (χ4v) is 2.92. The highest BCUT2D eigenvalue weighted by molar-refractivity contribution is 7.80. The van der Waals surface area contributed by atoms with Crippen molar-refractivity contribution in [1.29, 1.82) is 0 Å². The maximum Gasteiger partial charge on any atom is 0.123 e. The van der Waals surface area contributed by atoms with E-state index in [2.05, 4.69) is 5.32 Å². The van der Waals surface area contributed by atoms with Crippen LogP contribution in [0.25, 0.3) is 0 Å². The number of thiocarbonyl (C=S) groups is 1. The number of ether oxygens (including phenoxy) is 2. The van der Waals surface area contributed by atoms with Gasteiger partial charge in [-0.3, -0.25) is 0 Å². The number of hydrogen-bond acceptors (Lipinski definition) is 3. The second-order valence-electron chi connectivity index (χ2n) is 6.30. The van der Waals surface area contributed by atoms with Gasteiger partial charge in [-0.15, -0.1) is 0 Å². The third-order valence-electron chi connectivity index (χ3n) is 4.27. The number of hydrogen-bond donors (Lipinski definition) is 1. The molecule has 0 spiro atoms. The molecule has 0 saturated heterocycles. The Hall–Kier alpha value is -2.92. The highest BCUT2D eigenvalue weighted by Crippen LogP contribution is 2.16. The molecule has 3 aromatic rings. The minimum absolute atomic E-state index is 0.253. The molecule has 0 amide bonds. The number of halogens is 1. The van der Waals surface area contributed by atoms with Crippen molar-refractivity contribution in [1.82, 2.24) is 5.32 Å². The van der Waals surface area contributed by atoms with Gasteiger partial charge < -0.3 is 14.8 Å². The molecule has 0 bridgehead atoms. The lowest BCUT2D eigenvalue weighted by Crippen LogP contribution is -2.24. The Morgan fingerprint density at radius 1 is 0.929 bits per heavy atom. The summed E-state index contributed by atoms with van der Waals surface area (Å²) in [6.45, 7) is 1.12. The van der Waals surface area contributed by atoms with Crippen molar-refractivity contribution in [2.75, 3.05) is 13.7 Å². The largest absolute Gasteiger partial charge is 0.497 e. The molecule has 5 heteroatoms. The standard InChI is InChI=1S/C23H22FNO2S/c1-26-21-11-7-17(8-12-21)13-14-25-23(28)19-3-2-4-22(15-19)27-16-18-5-9-20(24)10-6-18/h2-12,15H,13-14,16H2,1H3,(H,25,28). The third-order valence-corrected chi connectivity index (χ3v) is 4.65. The van der Waals surface area contributed by atoms with E-state index in [1.165, 1.54) is 17.7 Å². The molecule has 0 atom stereocenters. The highest BCUT2D eigenvalue weighted by atomic mass is 32.1. The summed E-state index contributed by atoms with van der Waals surface area (Å²) in [5, 5.41) is 3.29. The van der Waals surface area contributed by atoms with Gasteiger partial charge in [0.15, 0.2) is 0 Å². The van der Waals surface area contributed by atoms with Crippen LogP contribution in [-0.4, -0.2) is 18.6 Å². The maximum atomic E-state index is 13.0. The van der Waals surface area contributed by atoms with Gasteiger partial charge in [-0.25, -0.2) is 4.39 Å². The zero-order valence-corrected chi connectivity index (χ0v) is 16.5. The molecule has 0 fully saturated rings. The molecule has 3 nitrogen and oxygen atoms in total. The van der Waals surface area contributed by atoms with Crippen LogP contribution in [-0.2, 0) is 13.0 Å². The van der Waals surface area contributed by atoms with Crippen LogP contribution in [0.4, 0.5) is 4.39 Å². The van der Waals surface area contributed by atoms with Crippen molar-refractivity contribution in [3.8, 4) is 11.5 Å². The summed E-state index contributed by atoms with van der Waals surface area (Å²) < 4.78 is 23.9. The maximum absolute atomic E-state index is 13.0. The lowest BCUT2D eigenvalue weighted by Gasteiger charge is -2.11. The normalized spacial score (nSPS) is 10.4. The molecule has 144 valence electrons. The van der Waals surface area contributed by atoms with E-state index in [9.17, 15) is 4.39 Å². The minimum Gasteiger partial charge on any atom is -0.497 e. The molecule has 0 aliphatic carbocycles. The van der Waals surface area contributed by atoms with Crippen molar-refractivity contribution in [3.63, 3.8) is 0 Å². The topological polar surface area (TPSA) is 30.5 Å². The molecular formula is C23H22FNO2S. The van der Waals surface area contributed by atoms with Gasteiger partial charge in [0.2, 0.25) is 0 Å². The van der Waals surface area contributed by atoms with E-state index in [1.54, 1.807) is 19.2 Å². The van der Waals surface area contributed by atoms with E-state index in [0.29, 0.717) is 11.6 Å². The van der Waals surface area contributed by atoms with Crippen LogP contribution in [0.3, 0.4) is 0 Å². The summed E-state index contributed by atoms with van der Waals surface area (Å²) in [5.41, 5.74) is 3.03. The van der Waals surface area contributed by atoms with E-state index < -0.39 is 0 Å². The van der Waals surface area contributed by atoms with Crippen LogP contribution in [0, 0.1) is 5.82 Å². The summed E-state index contributed by atoms with van der Waals surface area (Å²) in [5.74, 6) is 1.32. The first-order chi connectivity index (χ1) is 13.6. The first-order valence-electron chi connectivity index (χ1n) is 9.02. The summed E-state index contributed by atoms with van der Waals surface area (Å²) in [7, 11) is 1.66. The van der Waals surface area contributed by atoms with E-state index in [1.807, 2.05) is 48.5 Å². The van der Waals surface area contributed by atoms with Gasteiger partial charge in [-0.2, -0.15) is 0 Å². The number of rotatable bonds is 8. The molecule has 0 saturated carbocycles. The Kier molecular flexibility index (Phi) is 6.98. The van der Waals surface area contributed by atoms with Crippen LogP contribution in [0.5, 0.6) is 11.5 Å². The molecule has 3 rings (SSSR count). The average Bonchev–Trinajstić information content (AvgIpc) is 2.74. The monoisotopic (exact) mass is 395 g/mol. The summed E-state index contributed by atoms with van der Waals surface area (Å²) in [4.78, 5) is 0.681. The summed E-state index contributed by atoms with van der Waals surface area (Å²) >= 11 is 5.50. The fraction of sp³-hybridized carbons (Fsp3) is 0.174. The van der Waals surface area contributed by atoms with Crippen LogP contribution >= 0.6 is 12.2 Å². The molecule has 0 aliphatic rings. The van der Waals surface area contributed by atoms with Gasteiger partial charge in [-0.1, -0.05) is 48.6 Å². The lowest BCUT2D eigenvalue weighted by molar-refractivity contribution is 0.306. The van der Waals surface area contributed by atoms with Gasteiger partial charge in [0.05, 0.1) is 7.11 Å². The van der Waals surface area contributed by atoms with Gasteiger partial charge in [-0.05, 0) is 53.9 Å². The fourth-order valence-electron chi connectivity index (χ4n) is 2.69. The zero-order valence-electron chi connectivity index (χ0n) is 15.7. The van der Waals surface area contributed by atoms with Gasteiger partial charge in [0.1, 0.15) is 28.9 Å². The third kappa shape index (κ3) is 5.79. The van der Waals surface area contributed by atoms with Crippen molar-refractivity contribution in [3.05, 3.63) is 95.3 Å². The van der Waals surface area contributed by atoms with Crippen molar-refractivity contribution >= 4 is 17.2 Å². The molecule has 0 aromatic heterocycles. The molecule has 3 aromatic carbocycles. The Labute approximate surface area is 170 Å². The smallest absolute Gasteiger partial charge is 0.123 e. The van der Waals surface area contributed by atoms with Gasteiger partial charge in [0.25, 0.3) is 0 Å². The predicted molar refractivity (Wildman–Crippen MR) is 114 cm³/mol. The molecule has 0 heterocycles.